The number of carbonyl (C=O) groups is 1. The Morgan fingerprint density at radius 1 is 1.10 bits per heavy atom. The predicted molar refractivity (Wildman–Crippen MR) is 101 cm³/mol. The molecule has 2 aromatic carbocycles. The maximum atomic E-state index is 12.2. The van der Waals surface area contributed by atoms with Crippen LogP contribution in [0.15, 0.2) is 24.3 Å². The molecule has 3 rings (SSSR count). The highest BCUT2D eigenvalue weighted by Gasteiger charge is 2.63. The summed E-state index contributed by atoms with van der Waals surface area (Å²) in [5, 5.41) is 81.5. The van der Waals surface area contributed by atoms with Crippen molar-refractivity contribution in [3.8, 4) is 23.0 Å². The fraction of sp³-hybridized carbons (Fsp3) is 0.350. The number of aromatic hydroxyl groups is 3. The van der Waals surface area contributed by atoms with Gasteiger partial charge in [-0.2, -0.15) is 0 Å². The average molecular weight is 422 g/mol. The molecular weight excluding hydrogens is 400 g/mol. The van der Waals surface area contributed by atoms with Crippen molar-refractivity contribution in [3.05, 3.63) is 46.5 Å². The molecule has 0 radical (unpaired) electrons. The molecule has 0 heterocycles. The SMILES string of the molecule is COc1cc([C@H]2c3cc(O)c(CO)cc3C[C@@](O)(CO)[C@]2(O)C(=O)O)cc(O)c1O. The van der Waals surface area contributed by atoms with Crippen LogP contribution in [-0.2, 0) is 17.8 Å². The number of aliphatic hydroxyl groups excluding tert-OH is 2. The molecule has 10 nitrogen and oxygen atoms in total. The number of hydrogen-bond acceptors (Lipinski definition) is 9. The van der Waals surface area contributed by atoms with Crippen molar-refractivity contribution in [2.24, 2.45) is 0 Å². The summed E-state index contributed by atoms with van der Waals surface area (Å²) in [6.07, 6.45) is -0.493. The Labute approximate surface area is 170 Å². The summed E-state index contributed by atoms with van der Waals surface area (Å²) in [7, 11) is 1.19. The van der Waals surface area contributed by atoms with E-state index >= 15 is 0 Å². The molecule has 0 bridgehead atoms. The molecule has 1 aliphatic rings. The highest BCUT2D eigenvalue weighted by Crippen LogP contribution is 2.52. The molecule has 0 aromatic heterocycles. The summed E-state index contributed by atoms with van der Waals surface area (Å²) in [6, 6.07) is 4.63. The van der Waals surface area contributed by atoms with Crippen molar-refractivity contribution in [3.63, 3.8) is 0 Å². The van der Waals surface area contributed by atoms with E-state index in [-0.39, 0.29) is 33.8 Å². The lowest BCUT2D eigenvalue weighted by Crippen LogP contribution is -2.67. The largest absolute Gasteiger partial charge is 0.508 e. The maximum Gasteiger partial charge on any atom is 0.339 e. The Morgan fingerprint density at radius 3 is 2.30 bits per heavy atom. The van der Waals surface area contributed by atoms with E-state index in [1.807, 2.05) is 0 Å². The van der Waals surface area contributed by atoms with Crippen molar-refractivity contribution in [2.75, 3.05) is 13.7 Å². The molecule has 0 amide bonds. The number of methoxy groups -OCH3 is 1. The second kappa shape index (κ2) is 7.33. The highest BCUT2D eigenvalue weighted by atomic mass is 16.5. The number of fused-ring (bicyclic) bond motifs is 1. The molecule has 0 unspecified atom stereocenters. The van der Waals surface area contributed by atoms with Crippen molar-refractivity contribution in [1.82, 2.24) is 0 Å². The molecule has 0 saturated carbocycles. The molecule has 3 atom stereocenters. The van der Waals surface area contributed by atoms with E-state index in [4.69, 9.17) is 4.74 Å². The molecule has 0 aliphatic heterocycles. The summed E-state index contributed by atoms with van der Waals surface area (Å²) in [6.45, 7) is -1.67. The number of carboxylic acid groups (broad SMARTS) is 1. The van der Waals surface area contributed by atoms with Crippen LogP contribution in [0.1, 0.15) is 28.2 Å². The number of rotatable bonds is 5. The number of ether oxygens (including phenoxy) is 1. The van der Waals surface area contributed by atoms with Gasteiger partial charge in [-0.1, -0.05) is 0 Å². The number of phenols is 3. The molecule has 0 fully saturated rings. The first-order chi connectivity index (χ1) is 14.0. The van der Waals surface area contributed by atoms with Gasteiger partial charge < -0.3 is 45.6 Å². The Hall–Kier alpha value is -3.05. The topological polar surface area (TPSA) is 188 Å². The number of benzene rings is 2. The average Bonchev–Trinajstić information content (AvgIpc) is 2.71. The molecule has 8 N–H and O–H groups in total. The van der Waals surface area contributed by atoms with E-state index in [1.54, 1.807) is 0 Å². The van der Waals surface area contributed by atoms with Crippen molar-refractivity contribution in [1.29, 1.82) is 0 Å². The van der Waals surface area contributed by atoms with E-state index in [9.17, 15) is 45.6 Å². The molecule has 2 aromatic rings. The highest BCUT2D eigenvalue weighted by molar-refractivity contribution is 5.83. The zero-order valence-corrected chi connectivity index (χ0v) is 15.9. The fourth-order valence-electron chi connectivity index (χ4n) is 4.05. The molecular formula is C20H22O10. The number of hydrogen-bond donors (Lipinski definition) is 8. The minimum atomic E-state index is -2.99. The Balaban J connectivity index is 2.41. The lowest BCUT2D eigenvalue weighted by molar-refractivity contribution is -0.208. The van der Waals surface area contributed by atoms with E-state index < -0.39 is 54.2 Å². The first-order valence-corrected chi connectivity index (χ1v) is 8.88. The summed E-state index contributed by atoms with van der Waals surface area (Å²) in [5.74, 6) is -5.35. The molecule has 162 valence electrons. The summed E-state index contributed by atoms with van der Waals surface area (Å²) < 4.78 is 4.98. The van der Waals surface area contributed by atoms with Gasteiger partial charge >= 0.3 is 5.97 Å². The fourth-order valence-corrected chi connectivity index (χ4v) is 4.05. The van der Waals surface area contributed by atoms with Gasteiger partial charge in [-0.05, 0) is 41.0 Å². The van der Waals surface area contributed by atoms with Crippen LogP contribution in [0.25, 0.3) is 0 Å². The lowest BCUT2D eigenvalue weighted by Gasteiger charge is -2.48. The minimum Gasteiger partial charge on any atom is -0.508 e. The normalized spacial score (nSPS) is 25.6. The van der Waals surface area contributed by atoms with Gasteiger partial charge in [0.05, 0.1) is 26.2 Å². The number of carboxylic acids is 1. The molecule has 0 saturated heterocycles. The third kappa shape index (κ3) is 2.92. The number of aliphatic carboxylic acids is 1. The second-order valence-electron chi connectivity index (χ2n) is 7.30. The number of phenolic OH excluding ortho intramolecular Hbond substituents is 2. The monoisotopic (exact) mass is 422 g/mol. The van der Waals surface area contributed by atoms with E-state index in [0.29, 0.717) is 0 Å². The third-order valence-corrected chi connectivity index (χ3v) is 5.65. The van der Waals surface area contributed by atoms with Crippen LogP contribution < -0.4 is 4.74 Å². The quantitative estimate of drug-likeness (QED) is 0.293. The van der Waals surface area contributed by atoms with Crippen molar-refractivity contribution < 1.29 is 50.4 Å². The molecule has 10 heteroatoms. The van der Waals surface area contributed by atoms with Gasteiger partial charge in [0.1, 0.15) is 11.4 Å². The van der Waals surface area contributed by atoms with Gasteiger partial charge in [0.15, 0.2) is 11.5 Å². The van der Waals surface area contributed by atoms with Crippen LogP contribution in [0.3, 0.4) is 0 Å². The van der Waals surface area contributed by atoms with E-state index in [2.05, 4.69) is 0 Å². The Morgan fingerprint density at radius 2 is 1.77 bits per heavy atom. The smallest absolute Gasteiger partial charge is 0.339 e. The summed E-state index contributed by atoms with van der Waals surface area (Å²) >= 11 is 0. The van der Waals surface area contributed by atoms with Gasteiger partial charge in [-0.3, -0.25) is 0 Å². The van der Waals surface area contributed by atoms with Crippen LogP contribution in [0, 0.1) is 0 Å². The van der Waals surface area contributed by atoms with Crippen LogP contribution in [0.5, 0.6) is 23.0 Å². The molecule has 0 spiro atoms. The van der Waals surface area contributed by atoms with Crippen molar-refractivity contribution >= 4 is 5.97 Å². The Kier molecular flexibility index (Phi) is 5.29. The van der Waals surface area contributed by atoms with Crippen LogP contribution in [0.4, 0.5) is 0 Å². The lowest BCUT2D eigenvalue weighted by atomic mass is 9.61. The zero-order chi connectivity index (χ0) is 22.4. The first-order valence-electron chi connectivity index (χ1n) is 8.88. The predicted octanol–water partition coefficient (Wildman–Crippen LogP) is -0.469. The summed E-state index contributed by atoms with van der Waals surface area (Å²) in [5.41, 5.74) is -5.18. The van der Waals surface area contributed by atoms with Gasteiger partial charge in [0.2, 0.25) is 11.4 Å². The van der Waals surface area contributed by atoms with Gasteiger partial charge in [0.25, 0.3) is 0 Å². The zero-order valence-electron chi connectivity index (χ0n) is 15.9. The third-order valence-electron chi connectivity index (χ3n) is 5.65. The van der Waals surface area contributed by atoms with E-state index in [0.717, 1.165) is 18.2 Å². The first kappa shape index (κ1) is 21.7. The van der Waals surface area contributed by atoms with Gasteiger partial charge in [0, 0.05) is 12.0 Å². The maximum absolute atomic E-state index is 12.2. The van der Waals surface area contributed by atoms with Crippen LogP contribution >= 0.6 is 0 Å². The minimum absolute atomic E-state index is 0.0731. The summed E-state index contributed by atoms with van der Waals surface area (Å²) in [4.78, 5) is 12.2. The van der Waals surface area contributed by atoms with E-state index in [1.165, 1.54) is 13.2 Å². The molecule has 1 aliphatic carbocycles. The van der Waals surface area contributed by atoms with Crippen molar-refractivity contribution in [2.45, 2.75) is 30.1 Å². The van der Waals surface area contributed by atoms with Crippen LogP contribution in [-0.4, -0.2) is 71.7 Å². The van der Waals surface area contributed by atoms with Gasteiger partial charge in [-0.15, -0.1) is 0 Å². The Bertz CT molecular complexity index is 1000. The number of aliphatic hydroxyl groups is 4. The molecule has 30 heavy (non-hydrogen) atoms. The standard InChI is InChI=1S/C20H22O10/c1-30-15-4-9(3-14(24)17(15)25)16-12-5-13(23)11(7-21)2-10(12)6-19(28,8-22)20(16,29)18(26)27/h2-5,16,21-25,28-29H,6-8H2,1H3,(H,26,27)/t16-,19+,20+/m0/s1. The van der Waals surface area contributed by atoms with Crippen LogP contribution in [0.2, 0.25) is 0 Å². The van der Waals surface area contributed by atoms with Gasteiger partial charge in [-0.25, -0.2) is 4.79 Å². The second-order valence-corrected chi connectivity index (χ2v) is 7.30.